The minimum absolute atomic E-state index is 0.0281. The van der Waals surface area contributed by atoms with Gasteiger partial charge in [0.1, 0.15) is 16.4 Å². The Morgan fingerprint density at radius 1 is 1.32 bits per heavy atom. The van der Waals surface area contributed by atoms with Crippen molar-refractivity contribution in [2.45, 2.75) is 30.1 Å². The Hall–Kier alpha value is -1.76. The van der Waals surface area contributed by atoms with E-state index in [1.54, 1.807) is 6.07 Å². The monoisotopic (exact) mass is 328 g/mol. The Morgan fingerprint density at radius 2 is 1.95 bits per heavy atom. The first kappa shape index (κ1) is 16.6. The molecule has 1 atom stereocenters. The lowest BCUT2D eigenvalue weighted by atomic mass is 9.90. The summed E-state index contributed by atoms with van der Waals surface area (Å²) in [6.07, 6.45) is 2.91. The molecule has 1 aromatic carbocycles. The van der Waals surface area contributed by atoms with Crippen LogP contribution in [-0.4, -0.2) is 40.0 Å². The highest BCUT2D eigenvalue weighted by atomic mass is 32.2. The molecule has 0 aromatic heterocycles. The van der Waals surface area contributed by atoms with E-state index in [4.69, 9.17) is 14.6 Å². The fourth-order valence-corrected chi connectivity index (χ4v) is 3.57. The second kappa shape index (κ2) is 6.16. The quantitative estimate of drug-likeness (QED) is 0.824. The van der Waals surface area contributed by atoms with Crippen molar-refractivity contribution in [3.8, 4) is 11.5 Å². The van der Waals surface area contributed by atoms with Crippen molar-refractivity contribution in [2.24, 2.45) is 5.92 Å². The van der Waals surface area contributed by atoms with Gasteiger partial charge in [-0.15, -0.1) is 0 Å². The molecule has 6 nitrogen and oxygen atoms in total. The van der Waals surface area contributed by atoms with Gasteiger partial charge in [0.15, 0.2) is 9.84 Å². The molecule has 1 unspecified atom stereocenters. The molecular weight excluding hydrogens is 308 g/mol. The minimum Gasteiger partial charge on any atom is -0.497 e. The van der Waals surface area contributed by atoms with E-state index in [0.29, 0.717) is 11.3 Å². The molecule has 0 aliphatic heterocycles. The summed E-state index contributed by atoms with van der Waals surface area (Å²) in [5, 5.41) is 9.15. The van der Waals surface area contributed by atoms with Gasteiger partial charge in [-0.1, -0.05) is 0 Å². The Morgan fingerprint density at radius 3 is 2.36 bits per heavy atom. The predicted octanol–water partition coefficient (Wildman–Crippen LogP) is 2.08. The van der Waals surface area contributed by atoms with Crippen molar-refractivity contribution in [1.82, 2.24) is 0 Å². The zero-order chi connectivity index (χ0) is 16.5. The smallest absolute Gasteiger partial charge is 0.303 e. The van der Waals surface area contributed by atoms with Crippen LogP contribution in [0.15, 0.2) is 17.0 Å². The number of benzene rings is 1. The first-order valence-corrected chi connectivity index (χ1v) is 8.84. The number of sulfone groups is 1. The van der Waals surface area contributed by atoms with Gasteiger partial charge in [0.05, 0.1) is 20.6 Å². The lowest BCUT2D eigenvalue weighted by molar-refractivity contribution is -0.137. The standard InChI is InChI=1S/C15H20O6S/c1-20-10-6-12(11(8-14(16)17)9-4-5-9)15(21-2)13(7-10)22(3,18)19/h6-7,9,11H,4-5,8H2,1-3H3,(H,16,17). The fraction of sp³-hybridized carbons (Fsp3) is 0.533. The molecule has 1 saturated carbocycles. The van der Waals surface area contributed by atoms with E-state index in [0.717, 1.165) is 19.1 Å². The first-order valence-electron chi connectivity index (χ1n) is 6.95. The molecule has 1 aromatic rings. The first-order chi connectivity index (χ1) is 10.3. The van der Waals surface area contributed by atoms with Gasteiger partial charge in [-0.3, -0.25) is 4.79 Å². The van der Waals surface area contributed by atoms with Gasteiger partial charge in [-0.05, 0) is 24.8 Å². The van der Waals surface area contributed by atoms with Crippen LogP contribution in [0, 0.1) is 5.92 Å². The molecule has 122 valence electrons. The summed E-state index contributed by atoms with van der Waals surface area (Å²) in [6, 6.07) is 3.09. The largest absolute Gasteiger partial charge is 0.497 e. The van der Waals surface area contributed by atoms with E-state index in [2.05, 4.69) is 0 Å². The minimum atomic E-state index is -3.52. The lowest BCUT2D eigenvalue weighted by Crippen LogP contribution is -2.12. The topological polar surface area (TPSA) is 89.9 Å². The number of aliphatic carboxylic acids is 1. The van der Waals surface area contributed by atoms with Crippen LogP contribution in [-0.2, 0) is 14.6 Å². The Bertz CT molecular complexity index is 676. The van der Waals surface area contributed by atoms with E-state index in [1.807, 2.05) is 0 Å². The zero-order valence-electron chi connectivity index (χ0n) is 12.8. The maximum absolute atomic E-state index is 12.0. The molecule has 2 rings (SSSR count). The molecule has 0 amide bonds. The third-order valence-electron chi connectivity index (χ3n) is 3.88. The number of hydrogen-bond acceptors (Lipinski definition) is 5. The van der Waals surface area contributed by atoms with Crippen LogP contribution in [0.25, 0.3) is 0 Å². The maximum Gasteiger partial charge on any atom is 0.303 e. The Kier molecular flexibility index (Phi) is 4.65. The number of hydrogen-bond donors (Lipinski definition) is 1. The van der Waals surface area contributed by atoms with Crippen molar-refractivity contribution in [3.63, 3.8) is 0 Å². The van der Waals surface area contributed by atoms with Crippen LogP contribution in [0.1, 0.15) is 30.7 Å². The average Bonchev–Trinajstić information content (AvgIpc) is 3.26. The molecule has 0 bridgehead atoms. The fourth-order valence-electron chi connectivity index (χ4n) is 2.70. The summed E-state index contributed by atoms with van der Waals surface area (Å²) in [7, 11) is -0.681. The van der Waals surface area contributed by atoms with Gasteiger partial charge in [-0.25, -0.2) is 8.42 Å². The summed E-state index contributed by atoms with van der Waals surface area (Å²) < 4.78 is 34.5. The molecular formula is C15H20O6S. The number of carbonyl (C=O) groups is 1. The molecule has 1 fully saturated rings. The maximum atomic E-state index is 12.0. The van der Waals surface area contributed by atoms with Gasteiger partial charge in [0.2, 0.25) is 0 Å². The van der Waals surface area contributed by atoms with Gasteiger partial charge in [0, 0.05) is 23.8 Å². The molecule has 1 aliphatic carbocycles. The van der Waals surface area contributed by atoms with Crippen molar-refractivity contribution < 1.29 is 27.8 Å². The average molecular weight is 328 g/mol. The molecule has 0 spiro atoms. The SMILES string of the molecule is COc1cc(C(CC(=O)O)C2CC2)c(OC)c(S(C)(=O)=O)c1. The van der Waals surface area contributed by atoms with E-state index in [-0.39, 0.29) is 28.9 Å². The van der Waals surface area contributed by atoms with Crippen molar-refractivity contribution >= 4 is 15.8 Å². The highest BCUT2D eigenvalue weighted by molar-refractivity contribution is 7.90. The van der Waals surface area contributed by atoms with Crippen LogP contribution >= 0.6 is 0 Å². The molecule has 0 radical (unpaired) electrons. The molecule has 1 N–H and O–H groups in total. The molecule has 22 heavy (non-hydrogen) atoms. The molecule has 1 aliphatic rings. The second-order valence-electron chi connectivity index (χ2n) is 5.56. The second-order valence-corrected chi connectivity index (χ2v) is 7.55. The lowest BCUT2D eigenvalue weighted by Gasteiger charge is -2.21. The number of ether oxygens (including phenoxy) is 2. The number of carboxylic acid groups (broad SMARTS) is 1. The van der Waals surface area contributed by atoms with E-state index in [1.165, 1.54) is 20.3 Å². The zero-order valence-corrected chi connectivity index (χ0v) is 13.6. The third-order valence-corrected chi connectivity index (χ3v) is 4.98. The van der Waals surface area contributed by atoms with Crippen LogP contribution < -0.4 is 9.47 Å². The normalized spacial score (nSPS) is 16.1. The highest BCUT2D eigenvalue weighted by Crippen LogP contribution is 2.49. The van der Waals surface area contributed by atoms with Crippen LogP contribution in [0.4, 0.5) is 0 Å². The summed E-state index contributed by atoms with van der Waals surface area (Å²) in [5.74, 6) is -0.344. The van der Waals surface area contributed by atoms with E-state index in [9.17, 15) is 13.2 Å². The van der Waals surface area contributed by atoms with E-state index < -0.39 is 15.8 Å². The van der Waals surface area contributed by atoms with Crippen LogP contribution in [0.3, 0.4) is 0 Å². The van der Waals surface area contributed by atoms with Crippen molar-refractivity contribution in [3.05, 3.63) is 17.7 Å². The third kappa shape index (κ3) is 3.52. The summed E-state index contributed by atoms with van der Waals surface area (Å²) in [4.78, 5) is 11.2. The van der Waals surface area contributed by atoms with E-state index >= 15 is 0 Å². The Balaban J connectivity index is 2.64. The molecule has 0 saturated heterocycles. The molecule has 7 heteroatoms. The summed E-state index contributed by atoms with van der Waals surface area (Å²) in [5.41, 5.74) is 0.590. The summed E-state index contributed by atoms with van der Waals surface area (Å²) in [6.45, 7) is 0. The Labute approximate surface area is 130 Å². The number of rotatable bonds is 7. The highest BCUT2D eigenvalue weighted by Gasteiger charge is 2.37. The number of methoxy groups -OCH3 is 2. The van der Waals surface area contributed by atoms with Gasteiger partial charge < -0.3 is 14.6 Å². The molecule has 0 heterocycles. The predicted molar refractivity (Wildman–Crippen MR) is 80.4 cm³/mol. The van der Waals surface area contributed by atoms with Crippen LogP contribution in [0.5, 0.6) is 11.5 Å². The number of carboxylic acids is 1. The van der Waals surface area contributed by atoms with Crippen LogP contribution in [0.2, 0.25) is 0 Å². The van der Waals surface area contributed by atoms with Crippen molar-refractivity contribution in [2.75, 3.05) is 20.5 Å². The van der Waals surface area contributed by atoms with Gasteiger partial charge in [-0.2, -0.15) is 0 Å². The summed E-state index contributed by atoms with van der Waals surface area (Å²) >= 11 is 0. The van der Waals surface area contributed by atoms with Gasteiger partial charge >= 0.3 is 5.97 Å². The van der Waals surface area contributed by atoms with Gasteiger partial charge in [0.25, 0.3) is 0 Å². The van der Waals surface area contributed by atoms with Crippen molar-refractivity contribution in [1.29, 1.82) is 0 Å².